The van der Waals surface area contributed by atoms with Crippen LogP contribution in [0.25, 0.3) is 0 Å². The van der Waals surface area contributed by atoms with Crippen LogP contribution in [0.15, 0.2) is 36.4 Å². The van der Waals surface area contributed by atoms with Gasteiger partial charge in [0, 0.05) is 5.33 Å². The highest BCUT2D eigenvalue weighted by molar-refractivity contribution is 9.08. The molecule has 0 atom stereocenters. The van der Waals surface area contributed by atoms with Crippen LogP contribution in [-0.4, -0.2) is 14.2 Å². The van der Waals surface area contributed by atoms with Crippen LogP contribution in [0.4, 0.5) is 4.39 Å². The molecular formula is C16H16BrFO3. The molecule has 0 heterocycles. The van der Waals surface area contributed by atoms with Crippen molar-refractivity contribution in [2.75, 3.05) is 14.2 Å². The maximum absolute atomic E-state index is 13.6. The molecule has 0 spiro atoms. The smallest absolute Gasteiger partial charge is 0.165 e. The molecule has 0 bridgehead atoms. The summed E-state index contributed by atoms with van der Waals surface area (Å²) in [5, 5.41) is 0.727. The van der Waals surface area contributed by atoms with Crippen LogP contribution in [0.1, 0.15) is 11.1 Å². The van der Waals surface area contributed by atoms with Gasteiger partial charge in [-0.25, -0.2) is 4.39 Å². The van der Waals surface area contributed by atoms with E-state index in [0.717, 1.165) is 16.5 Å². The third-order valence-electron chi connectivity index (χ3n) is 2.99. The van der Waals surface area contributed by atoms with E-state index in [1.165, 1.54) is 13.2 Å². The average molecular weight is 355 g/mol. The van der Waals surface area contributed by atoms with Crippen LogP contribution in [0.2, 0.25) is 0 Å². The molecule has 0 fully saturated rings. The molecule has 0 aliphatic rings. The lowest BCUT2D eigenvalue weighted by molar-refractivity contribution is 0.283. The molecule has 5 heteroatoms. The van der Waals surface area contributed by atoms with Gasteiger partial charge in [0.25, 0.3) is 0 Å². The number of benzene rings is 2. The van der Waals surface area contributed by atoms with Gasteiger partial charge in [-0.1, -0.05) is 28.1 Å². The van der Waals surface area contributed by atoms with Gasteiger partial charge in [-0.15, -0.1) is 0 Å². The molecule has 0 N–H and O–H groups in total. The van der Waals surface area contributed by atoms with Gasteiger partial charge in [0.2, 0.25) is 0 Å². The molecule has 2 aromatic rings. The van der Waals surface area contributed by atoms with Crippen molar-refractivity contribution in [2.24, 2.45) is 0 Å². The quantitative estimate of drug-likeness (QED) is 0.723. The number of ether oxygens (including phenoxy) is 3. The van der Waals surface area contributed by atoms with E-state index in [9.17, 15) is 4.39 Å². The van der Waals surface area contributed by atoms with E-state index in [2.05, 4.69) is 15.9 Å². The summed E-state index contributed by atoms with van der Waals surface area (Å²) in [5.74, 6) is 1.09. The predicted octanol–water partition coefficient (Wildman–Crippen LogP) is 4.32. The summed E-state index contributed by atoms with van der Waals surface area (Å²) in [4.78, 5) is 0. The number of alkyl halides is 1. The Morgan fingerprint density at radius 1 is 0.905 bits per heavy atom. The zero-order valence-electron chi connectivity index (χ0n) is 11.9. The zero-order chi connectivity index (χ0) is 15.2. The highest BCUT2D eigenvalue weighted by Gasteiger charge is 2.08. The summed E-state index contributed by atoms with van der Waals surface area (Å²) in [6, 6.07) is 10.4. The monoisotopic (exact) mass is 354 g/mol. The molecule has 21 heavy (non-hydrogen) atoms. The van der Waals surface area contributed by atoms with Crippen LogP contribution < -0.4 is 14.2 Å². The predicted molar refractivity (Wildman–Crippen MR) is 82.9 cm³/mol. The summed E-state index contributed by atoms with van der Waals surface area (Å²) in [5.41, 5.74) is 1.80. The molecule has 2 rings (SSSR count). The minimum atomic E-state index is -0.403. The normalized spacial score (nSPS) is 10.3. The summed E-state index contributed by atoms with van der Waals surface area (Å²) in [6.45, 7) is 0.253. The van der Waals surface area contributed by atoms with E-state index in [1.807, 2.05) is 18.2 Å². The second-order valence-electron chi connectivity index (χ2n) is 4.38. The van der Waals surface area contributed by atoms with Gasteiger partial charge in [0.1, 0.15) is 6.61 Å². The number of rotatable bonds is 6. The largest absolute Gasteiger partial charge is 0.494 e. The van der Waals surface area contributed by atoms with Crippen molar-refractivity contribution in [1.82, 2.24) is 0 Å². The molecule has 0 unspecified atom stereocenters. The summed E-state index contributed by atoms with van der Waals surface area (Å²) >= 11 is 3.40. The fourth-order valence-corrected chi connectivity index (χ4v) is 2.23. The van der Waals surface area contributed by atoms with E-state index >= 15 is 0 Å². The molecule has 0 aliphatic carbocycles. The number of hydrogen-bond acceptors (Lipinski definition) is 3. The summed E-state index contributed by atoms with van der Waals surface area (Å²) in [6.07, 6.45) is 0. The van der Waals surface area contributed by atoms with Crippen molar-refractivity contribution in [3.8, 4) is 17.2 Å². The average Bonchev–Trinajstić information content (AvgIpc) is 2.52. The first kappa shape index (κ1) is 15.6. The Hall–Kier alpha value is -1.75. The standard InChI is InChI=1S/C16H16BrFO3/c1-19-14-5-4-12(7-13(14)18)10-21-16-8-11(9-17)3-6-15(16)20-2/h3-8H,9-10H2,1-2H3. The molecular weight excluding hydrogens is 339 g/mol. The Kier molecular flexibility index (Phi) is 5.44. The van der Waals surface area contributed by atoms with Crippen molar-refractivity contribution in [3.63, 3.8) is 0 Å². The topological polar surface area (TPSA) is 27.7 Å². The minimum Gasteiger partial charge on any atom is -0.494 e. The van der Waals surface area contributed by atoms with Crippen molar-refractivity contribution in [2.45, 2.75) is 11.9 Å². The van der Waals surface area contributed by atoms with E-state index in [4.69, 9.17) is 14.2 Å². The van der Waals surface area contributed by atoms with Crippen LogP contribution in [0, 0.1) is 5.82 Å². The highest BCUT2D eigenvalue weighted by Crippen LogP contribution is 2.30. The lowest BCUT2D eigenvalue weighted by Gasteiger charge is -2.12. The Bertz CT molecular complexity index is 616. The van der Waals surface area contributed by atoms with E-state index in [1.54, 1.807) is 19.2 Å². The molecule has 3 nitrogen and oxygen atoms in total. The lowest BCUT2D eigenvalue weighted by Crippen LogP contribution is -1.99. The number of methoxy groups -OCH3 is 2. The Labute approximate surface area is 131 Å². The Morgan fingerprint density at radius 3 is 2.19 bits per heavy atom. The third kappa shape index (κ3) is 3.88. The van der Waals surface area contributed by atoms with Gasteiger partial charge in [-0.2, -0.15) is 0 Å². The van der Waals surface area contributed by atoms with Crippen LogP contribution in [0.3, 0.4) is 0 Å². The van der Waals surface area contributed by atoms with Crippen molar-refractivity contribution >= 4 is 15.9 Å². The molecule has 0 saturated heterocycles. The molecule has 0 radical (unpaired) electrons. The first-order valence-electron chi connectivity index (χ1n) is 6.36. The second-order valence-corrected chi connectivity index (χ2v) is 4.94. The number of halogens is 2. The van der Waals surface area contributed by atoms with Gasteiger partial charge in [-0.05, 0) is 35.4 Å². The molecule has 0 saturated carbocycles. The van der Waals surface area contributed by atoms with Crippen molar-refractivity contribution in [3.05, 3.63) is 53.3 Å². The fraction of sp³-hybridized carbons (Fsp3) is 0.250. The van der Waals surface area contributed by atoms with Crippen molar-refractivity contribution < 1.29 is 18.6 Å². The van der Waals surface area contributed by atoms with E-state index < -0.39 is 5.82 Å². The third-order valence-corrected chi connectivity index (χ3v) is 3.64. The molecule has 0 amide bonds. The summed E-state index contributed by atoms with van der Waals surface area (Å²) < 4.78 is 29.5. The Morgan fingerprint density at radius 2 is 1.57 bits per heavy atom. The molecule has 112 valence electrons. The van der Waals surface area contributed by atoms with Gasteiger partial charge in [0.05, 0.1) is 14.2 Å². The minimum absolute atomic E-state index is 0.220. The van der Waals surface area contributed by atoms with Gasteiger partial charge >= 0.3 is 0 Å². The van der Waals surface area contributed by atoms with Crippen LogP contribution in [0.5, 0.6) is 17.2 Å². The van der Waals surface area contributed by atoms with Crippen LogP contribution in [-0.2, 0) is 11.9 Å². The van der Waals surface area contributed by atoms with Gasteiger partial charge in [-0.3, -0.25) is 0 Å². The first-order chi connectivity index (χ1) is 10.2. The highest BCUT2D eigenvalue weighted by atomic mass is 79.9. The zero-order valence-corrected chi connectivity index (χ0v) is 13.4. The van der Waals surface area contributed by atoms with E-state index in [-0.39, 0.29) is 12.4 Å². The van der Waals surface area contributed by atoms with Gasteiger partial charge < -0.3 is 14.2 Å². The van der Waals surface area contributed by atoms with E-state index in [0.29, 0.717) is 11.5 Å². The second kappa shape index (κ2) is 7.31. The first-order valence-corrected chi connectivity index (χ1v) is 7.48. The molecule has 2 aromatic carbocycles. The molecule has 0 aliphatic heterocycles. The summed E-state index contributed by atoms with van der Waals surface area (Å²) in [7, 11) is 3.02. The maximum Gasteiger partial charge on any atom is 0.165 e. The van der Waals surface area contributed by atoms with Crippen LogP contribution >= 0.6 is 15.9 Å². The Balaban J connectivity index is 2.13. The maximum atomic E-state index is 13.6. The number of hydrogen-bond donors (Lipinski definition) is 0. The SMILES string of the molecule is COc1ccc(COc2cc(CBr)ccc2OC)cc1F. The van der Waals surface area contributed by atoms with Gasteiger partial charge in [0.15, 0.2) is 23.1 Å². The molecule has 0 aromatic heterocycles. The lowest BCUT2D eigenvalue weighted by atomic mass is 10.2. The van der Waals surface area contributed by atoms with Crippen molar-refractivity contribution in [1.29, 1.82) is 0 Å². The fourth-order valence-electron chi connectivity index (χ4n) is 1.88.